The Hall–Kier alpha value is -3.97. The van der Waals surface area contributed by atoms with Crippen LogP contribution in [0.4, 0.5) is 0 Å². The molecule has 3 heterocycles. The van der Waals surface area contributed by atoms with E-state index in [9.17, 15) is 4.79 Å². The van der Waals surface area contributed by atoms with Crippen LogP contribution in [0.1, 0.15) is 16.9 Å². The summed E-state index contributed by atoms with van der Waals surface area (Å²) in [6.45, 7) is 3.79. The van der Waals surface area contributed by atoms with Gasteiger partial charge in [-0.25, -0.2) is 0 Å². The van der Waals surface area contributed by atoms with Crippen molar-refractivity contribution in [3.8, 4) is 34.1 Å². The molecule has 34 heavy (non-hydrogen) atoms. The second-order valence-electron chi connectivity index (χ2n) is 8.46. The lowest BCUT2D eigenvalue weighted by molar-refractivity contribution is 0.0889. The van der Waals surface area contributed by atoms with E-state index in [1.54, 1.807) is 13.2 Å². The van der Waals surface area contributed by atoms with E-state index < -0.39 is 0 Å². The van der Waals surface area contributed by atoms with Gasteiger partial charge in [-0.2, -0.15) is 0 Å². The Morgan fingerprint density at radius 2 is 1.74 bits per heavy atom. The minimum atomic E-state index is -0.0559. The Morgan fingerprint density at radius 3 is 2.56 bits per heavy atom. The van der Waals surface area contributed by atoms with E-state index in [1.807, 2.05) is 55.5 Å². The molecule has 4 aromatic rings. The Morgan fingerprint density at radius 1 is 0.941 bits per heavy atom. The van der Waals surface area contributed by atoms with Crippen LogP contribution in [0.15, 0.2) is 63.8 Å². The first-order chi connectivity index (χ1) is 16.6. The molecule has 0 unspecified atom stereocenters. The Kier molecular flexibility index (Phi) is 4.92. The normalized spacial score (nSPS) is 14.6. The third kappa shape index (κ3) is 3.45. The Balaban J connectivity index is 1.35. The van der Waals surface area contributed by atoms with Crippen LogP contribution in [0, 0.1) is 6.92 Å². The third-order valence-corrected chi connectivity index (χ3v) is 6.30. The van der Waals surface area contributed by atoms with Crippen LogP contribution in [-0.4, -0.2) is 25.5 Å². The number of fused-ring (bicyclic) bond motifs is 4. The van der Waals surface area contributed by atoms with Gasteiger partial charge in [0, 0.05) is 13.1 Å². The van der Waals surface area contributed by atoms with Crippen molar-refractivity contribution in [1.29, 1.82) is 0 Å². The zero-order valence-electron chi connectivity index (χ0n) is 18.9. The topological polar surface area (TPSA) is 70.4 Å². The fourth-order valence-electron chi connectivity index (χ4n) is 4.61. The Labute approximate surface area is 196 Å². The van der Waals surface area contributed by atoms with Crippen LogP contribution in [-0.2, 0) is 13.1 Å². The van der Waals surface area contributed by atoms with E-state index in [0.29, 0.717) is 42.1 Å². The molecule has 3 aromatic carbocycles. The molecular weight excluding hydrogens is 434 g/mol. The monoisotopic (exact) mass is 457 g/mol. The third-order valence-electron chi connectivity index (χ3n) is 6.30. The van der Waals surface area contributed by atoms with Crippen LogP contribution in [0.3, 0.4) is 0 Å². The highest BCUT2D eigenvalue weighted by Crippen LogP contribution is 2.36. The number of nitrogens with zero attached hydrogens (tertiary/aromatic N) is 1. The fourth-order valence-corrected chi connectivity index (χ4v) is 4.61. The highest BCUT2D eigenvalue weighted by atomic mass is 16.7. The summed E-state index contributed by atoms with van der Waals surface area (Å²) in [5.74, 6) is 3.58. The van der Waals surface area contributed by atoms with Gasteiger partial charge in [0.05, 0.1) is 23.6 Å². The number of benzene rings is 3. The lowest BCUT2D eigenvalue weighted by Gasteiger charge is -2.29. The van der Waals surface area contributed by atoms with E-state index in [1.165, 1.54) is 0 Å². The lowest BCUT2D eigenvalue weighted by Crippen LogP contribution is -2.31. The van der Waals surface area contributed by atoms with Gasteiger partial charge in [0.25, 0.3) is 0 Å². The van der Waals surface area contributed by atoms with E-state index in [4.69, 9.17) is 23.4 Å². The van der Waals surface area contributed by atoms with E-state index in [0.717, 1.165) is 39.7 Å². The molecule has 0 saturated heterocycles. The van der Waals surface area contributed by atoms with Gasteiger partial charge < -0.3 is 23.4 Å². The molecule has 7 heteroatoms. The van der Waals surface area contributed by atoms with Crippen molar-refractivity contribution in [2.24, 2.45) is 0 Å². The number of hydrogen-bond donors (Lipinski definition) is 0. The highest BCUT2D eigenvalue weighted by molar-refractivity contribution is 5.86. The molecule has 0 spiro atoms. The maximum atomic E-state index is 13.5. The summed E-state index contributed by atoms with van der Waals surface area (Å²) < 4.78 is 28.4. The summed E-state index contributed by atoms with van der Waals surface area (Å²) in [7, 11) is 1.62. The molecule has 0 aliphatic carbocycles. The molecule has 0 fully saturated rings. The smallest absolute Gasteiger partial charge is 0.231 e. The Bertz CT molecular complexity index is 1460. The van der Waals surface area contributed by atoms with Crippen molar-refractivity contribution in [1.82, 2.24) is 4.90 Å². The predicted octanol–water partition coefficient (Wildman–Crippen LogP) is 4.86. The summed E-state index contributed by atoms with van der Waals surface area (Å²) in [5, 5.41) is 0.545. The summed E-state index contributed by atoms with van der Waals surface area (Å²) in [4.78, 5) is 15.7. The summed E-state index contributed by atoms with van der Waals surface area (Å²) in [5.41, 5.74) is 3.85. The van der Waals surface area contributed by atoms with Crippen molar-refractivity contribution in [3.63, 3.8) is 0 Å². The lowest BCUT2D eigenvalue weighted by atomic mass is 10.0. The second-order valence-corrected chi connectivity index (χ2v) is 8.46. The highest BCUT2D eigenvalue weighted by Gasteiger charge is 2.24. The average molecular weight is 457 g/mol. The zero-order valence-corrected chi connectivity index (χ0v) is 18.9. The number of ether oxygens (including phenoxy) is 4. The maximum Gasteiger partial charge on any atom is 0.231 e. The molecule has 7 nitrogen and oxygen atoms in total. The van der Waals surface area contributed by atoms with Crippen molar-refractivity contribution in [2.75, 3.05) is 20.6 Å². The van der Waals surface area contributed by atoms with E-state index in [-0.39, 0.29) is 12.2 Å². The number of hydrogen-bond acceptors (Lipinski definition) is 7. The van der Waals surface area contributed by atoms with Gasteiger partial charge in [-0.3, -0.25) is 9.69 Å². The average Bonchev–Trinajstić information content (AvgIpc) is 3.32. The van der Waals surface area contributed by atoms with Crippen molar-refractivity contribution in [2.45, 2.75) is 20.0 Å². The van der Waals surface area contributed by atoms with Gasteiger partial charge in [0.1, 0.15) is 29.6 Å². The van der Waals surface area contributed by atoms with E-state index in [2.05, 4.69) is 4.90 Å². The maximum absolute atomic E-state index is 13.5. The molecule has 6 rings (SSSR count). The van der Waals surface area contributed by atoms with E-state index >= 15 is 0 Å². The molecule has 0 atom stereocenters. The molecule has 0 N–H and O–H groups in total. The quantitative estimate of drug-likeness (QED) is 0.434. The molecule has 2 aliphatic heterocycles. The summed E-state index contributed by atoms with van der Waals surface area (Å²) in [6.07, 6.45) is 0. The van der Waals surface area contributed by atoms with Crippen LogP contribution in [0.2, 0.25) is 0 Å². The van der Waals surface area contributed by atoms with Gasteiger partial charge in [-0.1, -0.05) is 18.2 Å². The van der Waals surface area contributed by atoms with Gasteiger partial charge in [-0.15, -0.1) is 0 Å². The second kappa shape index (κ2) is 8.11. The van der Waals surface area contributed by atoms with Gasteiger partial charge in [0.2, 0.25) is 12.2 Å². The molecular formula is C27H23NO6. The molecule has 0 radical (unpaired) electrons. The summed E-state index contributed by atoms with van der Waals surface area (Å²) in [6, 6.07) is 17.0. The number of rotatable bonds is 4. The van der Waals surface area contributed by atoms with Crippen LogP contribution in [0.5, 0.6) is 23.0 Å². The standard InChI is InChI=1S/C27H23NO6/c1-16-25(18-4-6-19(30-2)7-5-18)26(29)20-8-10-22-21(27(20)34-16)13-28(14-31-22)12-17-3-9-23-24(11-17)33-15-32-23/h3-11H,12-15H2,1-2H3. The summed E-state index contributed by atoms with van der Waals surface area (Å²) >= 11 is 0. The van der Waals surface area contributed by atoms with Gasteiger partial charge in [-0.05, 0) is 54.4 Å². The van der Waals surface area contributed by atoms with Gasteiger partial charge in [0.15, 0.2) is 11.5 Å². The first-order valence-corrected chi connectivity index (χ1v) is 11.1. The van der Waals surface area contributed by atoms with Crippen molar-refractivity contribution in [3.05, 3.63) is 81.7 Å². The zero-order chi connectivity index (χ0) is 23.2. The SMILES string of the molecule is COc1ccc(-c2c(C)oc3c4c(ccc3c2=O)OCN(Cc2ccc3c(c2)OCO3)C4)cc1. The molecule has 0 bridgehead atoms. The molecule has 2 aliphatic rings. The van der Waals surface area contributed by atoms with Crippen LogP contribution < -0.4 is 24.4 Å². The predicted molar refractivity (Wildman–Crippen MR) is 127 cm³/mol. The van der Waals surface area contributed by atoms with Crippen molar-refractivity contribution >= 4 is 11.0 Å². The molecule has 0 saturated carbocycles. The van der Waals surface area contributed by atoms with Crippen molar-refractivity contribution < 1.29 is 23.4 Å². The molecule has 1 aromatic heterocycles. The number of aryl methyl sites for hydroxylation is 1. The molecule has 0 amide bonds. The first kappa shape index (κ1) is 20.6. The first-order valence-electron chi connectivity index (χ1n) is 11.1. The minimum Gasteiger partial charge on any atom is -0.497 e. The minimum absolute atomic E-state index is 0.0559. The molecule has 172 valence electrons. The van der Waals surface area contributed by atoms with Crippen LogP contribution in [0.25, 0.3) is 22.1 Å². The number of methoxy groups -OCH3 is 1. The largest absolute Gasteiger partial charge is 0.497 e. The van der Waals surface area contributed by atoms with Gasteiger partial charge >= 0.3 is 0 Å². The van der Waals surface area contributed by atoms with Crippen LogP contribution >= 0.6 is 0 Å². The fraction of sp³-hybridized carbons (Fsp3) is 0.222.